The molecule has 0 saturated carbocycles. The first kappa shape index (κ1) is 24.7. The van der Waals surface area contributed by atoms with Crippen molar-refractivity contribution in [3.8, 4) is 0 Å². The topological polar surface area (TPSA) is 116 Å². The van der Waals surface area contributed by atoms with Gasteiger partial charge in [-0.05, 0) is 20.8 Å². The third-order valence-corrected chi connectivity index (χ3v) is 2.70. The molecule has 0 aromatic heterocycles. The maximum atomic E-state index is 11.6. The minimum atomic E-state index is -1.08. The summed E-state index contributed by atoms with van der Waals surface area (Å²) in [6.45, 7) is 9.19. The van der Waals surface area contributed by atoms with Crippen molar-refractivity contribution in [1.29, 1.82) is 0 Å². The van der Waals surface area contributed by atoms with E-state index in [9.17, 15) is 14.4 Å². The molecule has 0 fully saturated rings. The number of hydrogen-bond donors (Lipinski definition) is 0. The summed E-state index contributed by atoms with van der Waals surface area (Å²) in [5.41, 5.74) is 0.171. The van der Waals surface area contributed by atoms with Crippen molar-refractivity contribution in [2.45, 2.75) is 26.9 Å². The van der Waals surface area contributed by atoms with Gasteiger partial charge in [0.2, 0.25) is 0 Å². The first-order valence-electron chi connectivity index (χ1n) is 8.51. The summed E-state index contributed by atoms with van der Waals surface area (Å²) < 4.78 is 34.3. The Morgan fingerprint density at radius 3 is 1.81 bits per heavy atom. The van der Waals surface area contributed by atoms with Crippen LogP contribution in [0.25, 0.3) is 0 Å². The molecule has 0 heterocycles. The molecule has 10 nitrogen and oxygen atoms in total. The van der Waals surface area contributed by atoms with Gasteiger partial charge in [-0.3, -0.25) is 0 Å². The summed E-state index contributed by atoms with van der Waals surface area (Å²) in [6.07, 6.45) is -3.06. The molecule has 0 saturated heterocycles. The number of ether oxygens (including phenoxy) is 7. The summed E-state index contributed by atoms with van der Waals surface area (Å²) in [5.74, 6) is -0.674. The van der Waals surface area contributed by atoms with Crippen LogP contribution in [-0.2, 0) is 38.0 Å². The van der Waals surface area contributed by atoms with Gasteiger partial charge in [0.1, 0.15) is 26.4 Å². The molecule has 0 spiro atoms. The van der Waals surface area contributed by atoms with E-state index < -0.39 is 31.0 Å². The maximum absolute atomic E-state index is 11.6. The van der Waals surface area contributed by atoms with Crippen molar-refractivity contribution in [2.24, 2.45) is 0 Å². The molecular weight excluding hydrogens is 364 g/mol. The van der Waals surface area contributed by atoms with Crippen LogP contribution in [0.2, 0.25) is 0 Å². The summed E-state index contributed by atoms with van der Waals surface area (Å²) in [5, 5.41) is 0. The molecule has 0 radical (unpaired) electrons. The number of carbonyl (C=O) groups excluding carboxylic acids is 3. The van der Waals surface area contributed by atoms with Gasteiger partial charge in [-0.1, -0.05) is 6.58 Å². The lowest BCUT2D eigenvalue weighted by molar-refractivity contribution is -0.143. The molecule has 27 heavy (non-hydrogen) atoms. The number of rotatable bonds is 14. The minimum absolute atomic E-state index is 0.00866. The van der Waals surface area contributed by atoms with Gasteiger partial charge < -0.3 is 33.2 Å². The zero-order valence-corrected chi connectivity index (χ0v) is 16.0. The summed E-state index contributed by atoms with van der Waals surface area (Å²) in [6, 6.07) is 0. The third kappa shape index (κ3) is 14.5. The molecule has 1 atom stereocenters. The lowest BCUT2D eigenvalue weighted by atomic mass is 10.3. The number of hydrogen-bond acceptors (Lipinski definition) is 10. The maximum Gasteiger partial charge on any atom is 0.508 e. The van der Waals surface area contributed by atoms with E-state index in [1.54, 1.807) is 13.8 Å². The predicted molar refractivity (Wildman–Crippen MR) is 92.3 cm³/mol. The summed E-state index contributed by atoms with van der Waals surface area (Å²) >= 11 is 0. The molecule has 0 rings (SSSR count). The van der Waals surface area contributed by atoms with Gasteiger partial charge >= 0.3 is 18.3 Å². The van der Waals surface area contributed by atoms with Crippen molar-refractivity contribution >= 4 is 18.3 Å². The molecule has 0 aromatic rings. The lowest BCUT2D eigenvalue weighted by Gasteiger charge is -2.17. The van der Waals surface area contributed by atoms with E-state index in [4.69, 9.17) is 33.2 Å². The van der Waals surface area contributed by atoms with E-state index in [2.05, 4.69) is 6.58 Å². The normalized spacial score (nSPS) is 11.2. The van der Waals surface area contributed by atoms with E-state index in [0.29, 0.717) is 13.2 Å². The highest BCUT2D eigenvalue weighted by atomic mass is 16.8. The smallest absolute Gasteiger partial charge is 0.458 e. The molecule has 0 bridgehead atoms. The van der Waals surface area contributed by atoms with Crippen LogP contribution in [0.4, 0.5) is 9.59 Å². The second kappa shape index (κ2) is 15.9. The standard InChI is InChI=1S/C17H28O10/c1-5-21-7-9-23-16(19)26-12-14(11-25-15(18)13(3)4)27-17(20)24-10-8-22-6-2/h14H,3,5-12H2,1-2,4H3. The second-order valence-electron chi connectivity index (χ2n) is 5.02. The fourth-order valence-electron chi connectivity index (χ4n) is 1.44. The Hall–Kier alpha value is -2.33. The van der Waals surface area contributed by atoms with Gasteiger partial charge in [-0.15, -0.1) is 0 Å². The van der Waals surface area contributed by atoms with Crippen LogP contribution in [0.5, 0.6) is 0 Å². The average Bonchev–Trinajstić information content (AvgIpc) is 2.64. The zero-order chi connectivity index (χ0) is 20.5. The van der Waals surface area contributed by atoms with Gasteiger partial charge in [-0.25, -0.2) is 14.4 Å². The molecule has 0 aliphatic rings. The van der Waals surface area contributed by atoms with Gasteiger partial charge in [-0.2, -0.15) is 0 Å². The fourth-order valence-corrected chi connectivity index (χ4v) is 1.44. The SMILES string of the molecule is C=C(C)C(=O)OCC(COC(=O)OCCOCC)OC(=O)OCCOCC. The zero-order valence-electron chi connectivity index (χ0n) is 16.0. The van der Waals surface area contributed by atoms with Crippen LogP contribution in [0.1, 0.15) is 20.8 Å². The van der Waals surface area contributed by atoms with E-state index in [-0.39, 0.29) is 38.6 Å². The minimum Gasteiger partial charge on any atom is -0.458 e. The quantitative estimate of drug-likeness (QED) is 0.188. The molecule has 0 aliphatic heterocycles. The largest absolute Gasteiger partial charge is 0.508 e. The highest BCUT2D eigenvalue weighted by molar-refractivity contribution is 5.86. The molecular formula is C17H28O10. The monoisotopic (exact) mass is 392 g/mol. The molecule has 156 valence electrons. The Morgan fingerprint density at radius 2 is 1.30 bits per heavy atom. The van der Waals surface area contributed by atoms with Gasteiger partial charge in [0.15, 0.2) is 6.10 Å². The van der Waals surface area contributed by atoms with Crippen LogP contribution in [0.3, 0.4) is 0 Å². The van der Waals surface area contributed by atoms with Crippen LogP contribution >= 0.6 is 0 Å². The predicted octanol–water partition coefficient (Wildman–Crippen LogP) is 1.85. The van der Waals surface area contributed by atoms with E-state index >= 15 is 0 Å². The highest BCUT2D eigenvalue weighted by Gasteiger charge is 2.21. The van der Waals surface area contributed by atoms with Crippen LogP contribution in [0.15, 0.2) is 12.2 Å². The molecule has 10 heteroatoms. The molecule has 0 aromatic carbocycles. The van der Waals surface area contributed by atoms with Gasteiger partial charge in [0, 0.05) is 18.8 Å². The first-order valence-corrected chi connectivity index (χ1v) is 8.51. The average molecular weight is 392 g/mol. The first-order chi connectivity index (χ1) is 12.9. The van der Waals surface area contributed by atoms with Gasteiger partial charge in [0.25, 0.3) is 0 Å². The Kier molecular flexibility index (Phi) is 14.5. The Morgan fingerprint density at radius 1 is 0.778 bits per heavy atom. The summed E-state index contributed by atoms with van der Waals surface area (Å²) in [7, 11) is 0. The number of esters is 1. The van der Waals surface area contributed by atoms with E-state index in [0.717, 1.165) is 0 Å². The van der Waals surface area contributed by atoms with Crippen molar-refractivity contribution in [2.75, 3.05) is 52.9 Å². The lowest BCUT2D eigenvalue weighted by Crippen LogP contribution is -2.31. The van der Waals surface area contributed by atoms with E-state index in [1.165, 1.54) is 6.92 Å². The highest BCUT2D eigenvalue weighted by Crippen LogP contribution is 2.02. The molecule has 1 unspecified atom stereocenters. The molecule has 0 aliphatic carbocycles. The van der Waals surface area contributed by atoms with Crippen molar-refractivity contribution in [3.05, 3.63) is 12.2 Å². The Bertz CT molecular complexity index is 463. The van der Waals surface area contributed by atoms with Gasteiger partial charge in [0.05, 0.1) is 13.2 Å². The Balaban J connectivity index is 4.37. The van der Waals surface area contributed by atoms with Crippen molar-refractivity contribution in [1.82, 2.24) is 0 Å². The van der Waals surface area contributed by atoms with Crippen molar-refractivity contribution < 1.29 is 47.5 Å². The van der Waals surface area contributed by atoms with E-state index in [1.807, 2.05) is 0 Å². The third-order valence-electron chi connectivity index (χ3n) is 2.70. The fraction of sp³-hybridized carbons (Fsp3) is 0.706. The van der Waals surface area contributed by atoms with Crippen LogP contribution < -0.4 is 0 Å². The Labute approximate surface area is 158 Å². The number of carbonyl (C=O) groups is 3. The van der Waals surface area contributed by atoms with Crippen LogP contribution in [-0.4, -0.2) is 77.2 Å². The molecule has 0 N–H and O–H groups in total. The second-order valence-corrected chi connectivity index (χ2v) is 5.02. The van der Waals surface area contributed by atoms with Crippen LogP contribution in [0, 0.1) is 0 Å². The van der Waals surface area contributed by atoms with Crippen molar-refractivity contribution in [3.63, 3.8) is 0 Å². The summed E-state index contributed by atoms with van der Waals surface area (Å²) in [4.78, 5) is 34.6. The molecule has 0 amide bonds.